The van der Waals surface area contributed by atoms with E-state index in [9.17, 15) is 28.2 Å². The van der Waals surface area contributed by atoms with E-state index in [0.29, 0.717) is 5.56 Å². The van der Waals surface area contributed by atoms with Gasteiger partial charge in [0.1, 0.15) is 5.75 Å². The highest BCUT2D eigenvalue weighted by Crippen LogP contribution is 2.34. The van der Waals surface area contributed by atoms with Crippen molar-refractivity contribution in [2.75, 3.05) is 6.54 Å². The number of aliphatic hydroxyl groups is 1. The third kappa shape index (κ3) is 5.22. The molecule has 3 N–H and O–H groups in total. The molecule has 0 saturated heterocycles. The molecule has 0 bridgehead atoms. The maximum atomic E-state index is 12.9. The molecule has 2 aromatic carbocycles. The zero-order chi connectivity index (χ0) is 18.4. The summed E-state index contributed by atoms with van der Waals surface area (Å²) in [5.74, 6) is -0.346. The van der Waals surface area contributed by atoms with Crippen LogP contribution in [0, 0.1) is 0 Å². The van der Waals surface area contributed by atoms with Gasteiger partial charge in [0, 0.05) is 13.0 Å². The largest absolute Gasteiger partial charge is 0.508 e. The van der Waals surface area contributed by atoms with Crippen LogP contribution in [0.1, 0.15) is 29.2 Å². The summed E-state index contributed by atoms with van der Waals surface area (Å²) in [6, 6.07) is 11.3. The van der Waals surface area contributed by atoms with Crippen LogP contribution in [-0.2, 0) is 17.4 Å². The van der Waals surface area contributed by atoms with Gasteiger partial charge in [-0.1, -0.05) is 36.4 Å². The zero-order valence-electron chi connectivity index (χ0n) is 13.3. The minimum Gasteiger partial charge on any atom is -0.508 e. The highest BCUT2D eigenvalue weighted by atomic mass is 19.4. The molecule has 0 saturated carbocycles. The molecular formula is C18H18F3NO3. The van der Waals surface area contributed by atoms with Crippen molar-refractivity contribution >= 4 is 5.91 Å². The van der Waals surface area contributed by atoms with Crippen molar-refractivity contribution in [3.05, 3.63) is 65.2 Å². The molecule has 0 radical (unpaired) electrons. The van der Waals surface area contributed by atoms with Crippen molar-refractivity contribution < 1.29 is 28.2 Å². The molecule has 0 aliphatic carbocycles. The molecule has 4 nitrogen and oxygen atoms in total. The average Bonchev–Trinajstić information content (AvgIpc) is 2.58. The van der Waals surface area contributed by atoms with Crippen LogP contribution in [0.25, 0.3) is 0 Å². The third-order valence-corrected chi connectivity index (χ3v) is 3.73. The van der Waals surface area contributed by atoms with Crippen LogP contribution >= 0.6 is 0 Å². The quantitative estimate of drug-likeness (QED) is 0.747. The van der Waals surface area contributed by atoms with Gasteiger partial charge < -0.3 is 15.5 Å². The predicted molar refractivity (Wildman–Crippen MR) is 85.8 cm³/mol. The smallest absolute Gasteiger partial charge is 0.416 e. The van der Waals surface area contributed by atoms with Crippen LogP contribution in [0.3, 0.4) is 0 Å². The zero-order valence-corrected chi connectivity index (χ0v) is 13.3. The van der Waals surface area contributed by atoms with Crippen molar-refractivity contribution in [2.45, 2.75) is 25.1 Å². The lowest BCUT2D eigenvalue weighted by atomic mass is 10.0. The molecule has 7 heteroatoms. The lowest BCUT2D eigenvalue weighted by Gasteiger charge is -2.18. The van der Waals surface area contributed by atoms with Crippen molar-refractivity contribution in [3.63, 3.8) is 0 Å². The first-order valence-electron chi connectivity index (χ1n) is 7.67. The number of rotatable bonds is 6. The molecule has 0 aliphatic heterocycles. The molecule has 0 spiro atoms. The molecule has 0 fully saturated rings. The SMILES string of the molecule is O=C(CCc1ccccc1O)NCC(O)c1ccccc1C(F)(F)F. The van der Waals surface area contributed by atoms with E-state index in [1.54, 1.807) is 18.2 Å². The van der Waals surface area contributed by atoms with Crippen LogP contribution in [0.4, 0.5) is 13.2 Å². The Kier molecular flexibility index (Phi) is 6.03. The predicted octanol–water partition coefficient (Wildman–Crippen LogP) is 3.19. The third-order valence-electron chi connectivity index (χ3n) is 3.73. The maximum absolute atomic E-state index is 12.9. The first kappa shape index (κ1) is 18.8. The number of carbonyl (C=O) groups excluding carboxylic acids is 1. The van der Waals surface area contributed by atoms with E-state index < -0.39 is 23.8 Å². The number of aromatic hydroxyl groups is 1. The van der Waals surface area contributed by atoms with E-state index in [2.05, 4.69) is 5.32 Å². The lowest BCUT2D eigenvalue weighted by molar-refractivity contribution is -0.139. The van der Waals surface area contributed by atoms with Gasteiger partial charge in [0.25, 0.3) is 0 Å². The average molecular weight is 353 g/mol. The van der Waals surface area contributed by atoms with Crippen molar-refractivity contribution in [1.82, 2.24) is 5.32 Å². The second kappa shape index (κ2) is 8.02. The Balaban J connectivity index is 1.91. The number of aliphatic hydroxyl groups excluding tert-OH is 1. The molecule has 1 unspecified atom stereocenters. The van der Waals surface area contributed by atoms with Crippen LogP contribution in [-0.4, -0.2) is 22.7 Å². The number of nitrogens with one attached hydrogen (secondary N) is 1. The van der Waals surface area contributed by atoms with Gasteiger partial charge in [0.05, 0.1) is 11.7 Å². The van der Waals surface area contributed by atoms with Gasteiger partial charge in [-0.3, -0.25) is 4.79 Å². The number of phenolic OH excluding ortho intramolecular Hbond substituents is 1. The van der Waals surface area contributed by atoms with Gasteiger partial charge in [-0.15, -0.1) is 0 Å². The Bertz CT molecular complexity index is 732. The van der Waals surface area contributed by atoms with E-state index in [1.165, 1.54) is 24.3 Å². The van der Waals surface area contributed by atoms with E-state index in [0.717, 1.165) is 6.07 Å². The monoisotopic (exact) mass is 353 g/mol. The normalized spacial score (nSPS) is 12.6. The minimum atomic E-state index is -4.58. The Morgan fingerprint density at radius 1 is 1.08 bits per heavy atom. The maximum Gasteiger partial charge on any atom is 0.416 e. The van der Waals surface area contributed by atoms with Gasteiger partial charge in [-0.25, -0.2) is 0 Å². The second-order valence-electron chi connectivity index (χ2n) is 5.53. The second-order valence-corrected chi connectivity index (χ2v) is 5.53. The number of carbonyl (C=O) groups is 1. The topological polar surface area (TPSA) is 69.6 Å². The van der Waals surface area contributed by atoms with Crippen molar-refractivity contribution in [3.8, 4) is 5.75 Å². The highest BCUT2D eigenvalue weighted by molar-refractivity contribution is 5.76. The van der Waals surface area contributed by atoms with E-state index >= 15 is 0 Å². The minimum absolute atomic E-state index is 0.0468. The van der Waals surface area contributed by atoms with Gasteiger partial charge >= 0.3 is 6.18 Å². The summed E-state index contributed by atoms with van der Waals surface area (Å²) in [5, 5.41) is 22.0. The lowest BCUT2D eigenvalue weighted by Crippen LogP contribution is -2.29. The number of hydrogen-bond donors (Lipinski definition) is 3. The van der Waals surface area contributed by atoms with Crippen LogP contribution < -0.4 is 5.32 Å². The fraction of sp³-hybridized carbons (Fsp3) is 0.278. The van der Waals surface area contributed by atoms with Crippen LogP contribution in [0.5, 0.6) is 5.75 Å². The Labute approximate surface area is 142 Å². The van der Waals surface area contributed by atoms with Gasteiger partial charge in [-0.05, 0) is 29.7 Å². The summed E-state index contributed by atoms with van der Waals surface area (Å²) in [4.78, 5) is 11.8. The first-order valence-corrected chi connectivity index (χ1v) is 7.67. The number of phenols is 1. The molecule has 134 valence electrons. The van der Waals surface area contributed by atoms with Gasteiger partial charge in [0.15, 0.2) is 0 Å². The summed E-state index contributed by atoms with van der Waals surface area (Å²) in [6.07, 6.45) is -5.71. The number of benzene rings is 2. The van der Waals surface area contributed by atoms with Crippen molar-refractivity contribution in [2.24, 2.45) is 0 Å². The summed E-state index contributed by atoms with van der Waals surface area (Å²) in [5.41, 5.74) is -0.609. The molecule has 1 amide bonds. The van der Waals surface area contributed by atoms with Gasteiger partial charge in [-0.2, -0.15) is 13.2 Å². The molecule has 2 rings (SSSR count). The standard InChI is InChI=1S/C18H18F3NO3/c19-18(20,21)14-7-3-2-6-13(14)16(24)11-22-17(25)10-9-12-5-1-4-8-15(12)23/h1-8,16,23-24H,9-11H2,(H,22,25). The Morgan fingerprint density at radius 3 is 2.40 bits per heavy atom. The number of hydrogen-bond acceptors (Lipinski definition) is 3. The number of amides is 1. The molecular weight excluding hydrogens is 335 g/mol. The fourth-order valence-electron chi connectivity index (χ4n) is 2.43. The summed E-state index contributed by atoms with van der Waals surface area (Å²) in [7, 11) is 0. The van der Waals surface area contributed by atoms with E-state index in [1.807, 2.05) is 0 Å². The summed E-state index contributed by atoms with van der Waals surface area (Å²) in [6.45, 7) is -0.327. The molecule has 1 atom stereocenters. The molecule has 25 heavy (non-hydrogen) atoms. The molecule has 2 aromatic rings. The number of halogens is 3. The van der Waals surface area contributed by atoms with Gasteiger partial charge in [0.2, 0.25) is 5.91 Å². The van der Waals surface area contributed by atoms with Crippen LogP contribution in [0.15, 0.2) is 48.5 Å². The Hall–Kier alpha value is -2.54. The Morgan fingerprint density at radius 2 is 1.72 bits per heavy atom. The first-order chi connectivity index (χ1) is 11.8. The molecule has 0 heterocycles. The number of alkyl halides is 3. The van der Waals surface area contributed by atoms with Crippen molar-refractivity contribution in [1.29, 1.82) is 0 Å². The molecule has 0 aromatic heterocycles. The summed E-state index contributed by atoms with van der Waals surface area (Å²) >= 11 is 0. The van der Waals surface area contributed by atoms with Crippen LogP contribution in [0.2, 0.25) is 0 Å². The van der Waals surface area contributed by atoms with E-state index in [-0.39, 0.29) is 30.7 Å². The summed E-state index contributed by atoms with van der Waals surface area (Å²) < 4.78 is 38.8. The number of aryl methyl sites for hydroxylation is 1. The number of para-hydroxylation sites is 1. The fourth-order valence-corrected chi connectivity index (χ4v) is 2.43. The highest BCUT2D eigenvalue weighted by Gasteiger charge is 2.34. The molecule has 0 aliphatic rings. The van der Waals surface area contributed by atoms with E-state index in [4.69, 9.17) is 0 Å².